The molecule has 2 rings (SSSR count). The molecule has 4 nitrogen and oxygen atoms in total. The molecule has 1 amide bonds. The second kappa shape index (κ2) is 6.48. The third kappa shape index (κ3) is 3.92. The molecule has 1 N–H and O–H groups in total. The molecule has 0 atom stereocenters. The monoisotopic (exact) mass is 265 g/mol. The molecule has 100 valence electrons. The maximum absolute atomic E-state index is 11.8. The molecule has 20 heavy (non-hydrogen) atoms. The molecule has 4 heteroatoms. The highest BCUT2D eigenvalue weighted by molar-refractivity contribution is 5.89. The Hall–Kier alpha value is -2.67. The molecular weight excluding hydrogens is 250 g/mol. The van der Waals surface area contributed by atoms with Crippen LogP contribution in [0.4, 0.5) is 5.82 Å². The van der Waals surface area contributed by atoms with Crippen molar-refractivity contribution in [2.45, 2.75) is 19.8 Å². The number of aryl methyl sites for hydroxylation is 2. The zero-order valence-electron chi connectivity index (χ0n) is 11.3. The Labute approximate surface area is 118 Å². The summed E-state index contributed by atoms with van der Waals surface area (Å²) < 4.78 is 0. The molecule has 1 heterocycles. The quantitative estimate of drug-likeness (QED) is 0.924. The third-order valence-corrected chi connectivity index (χ3v) is 2.88. The first-order chi connectivity index (χ1) is 9.67. The summed E-state index contributed by atoms with van der Waals surface area (Å²) in [5, 5.41) is 11.5. The summed E-state index contributed by atoms with van der Waals surface area (Å²) in [5.74, 6) is 0.516. The zero-order chi connectivity index (χ0) is 14.4. The van der Waals surface area contributed by atoms with Crippen LogP contribution in [-0.2, 0) is 11.2 Å². The average Bonchev–Trinajstić information content (AvgIpc) is 2.46. The maximum Gasteiger partial charge on any atom is 0.225 e. The van der Waals surface area contributed by atoms with Gasteiger partial charge in [-0.15, -0.1) is 0 Å². The van der Waals surface area contributed by atoms with Gasteiger partial charge < -0.3 is 5.32 Å². The summed E-state index contributed by atoms with van der Waals surface area (Å²) in [6, 6.07) is 14.8. The van der Waals surface area contributed by atoms with Gasteiger partial charge in [-0.05, 0) is 43.2 Å². The lowest BCUT2D eigenvalue weighted by atomic mass is 10.1. The van der Waals surface area contributed by atoms with Crippen molar-refractivity contribution in [2.24, 2.45) is 0 Å². The van der Waals surface area contributed by atoms with Gasteiger partial charge in [0.2, 0.25) is 5.91 Å². The molecule has 0 aliphatic carbocycles. The van der Waals surface area contributed by atoms with E-state index < -0.39 is 0 Å². The molecule has 1 aromatic heterocycles. The van der Waals surface area contributed by atoms with Gasteiger partial charge in [-0.1, -0.05) is 18.2 Å². The van der Waals surface area contributed by atoms with Crippen LogP contribution in [-0.4, -0.2) is 10.9 Å². The number of carbonyl (C=O) groups is 1. The minimum absolute atomic E-state index is 0.0625. The highest BCUT2D eigenvalue weighted by Gasteiger charge is 2.04. The molecular formula is C16H15N3O. The fourth-order valence-electron chi connectivity index (χ4n) is 1.82. The second-order valence-corrected chi connectivity index (χ2v) is 4.52. The predicted octanol–water partition coefficient (Wildman–Crippen LogP) is 2.83. The van der Waals surface area contributed by atoms with Crippen molar-refractivity contribution < 1.29 is 4.79 Å². The van der Waals surface area contributed by atoms with E-state index in [1.54, 1.807) is 18.2 Å². The minimum Gasteiger partial charge on any atom is -0.311 e. The van der Waals surface area contributed by atoms with Crippen LogP contribution >= 0.6 is 0 Å². The van der Waals surface area contributed by atoms with Crippen molar-refractivity contribution >= 4 is 11.7 Å². The van der Waals surface area contributed by atoms with Crippen molar-refractivity contribution in [3.63, 3.8) is 0 Å². The van der Waals surface area contributed by atoms with Crippen LogP contribution in [0.3, 0.4) is 0 Å². The van der Waals surface area contributed by atoms with Gasteiger partial charge in [0.1, 0.15) is 5.82 Å². The number of hydrogen-bond donors (Lipinski definition) is 1. The fourth-order valence-corrected chi connectivity index (χ4v) is 1.82. The first-order valence-electron chi connectivity index (χ1n) is 6.40. The number of aromatic nitrogens is 1. The van der Waals surface area contributed by atoms with Crippen molar-refractivity contribution in [3.05, 3.63) is 59.3 Å². The SMILES string of the molecule is Cc1cccc(NC(=O)CCc2ccc(C#N)cc2)n1. The summed E-state index contributed by atoms with van der Waals surface area (Å²) in [5.41, 5.74) is 2.54. The molecule has 0 aliphatic heterocycles. The van der Waals surface area contributed by atoms with Gasteiger partial charge in [0.25, 0.3) is 0 Å². The van der Waals surface area contributed by atoms with E-state index in [2.05, 4.69) is 16.4 Å². The minimum atomic E-state index is -0.0625. The summed E-state index contributed by atoms with van der Waals surface area (Å²) >= 11 is 0. The highest BCUT2D eigenvalue weighted by Crippen LogP contribution is 2.08. The van der Waals surface area contributed by atoms with Crippen molar-refractivity contribution in [3.8, 4) is 6.07 Å². The molecule has 0 fully saturated rings. The van der Waals surface area contributed by atoms with Gasteiger partial charge in [-0.2, -0.15) is 5.26 Å². The van der Waals surface area contributed by atoms with E-state index in [0.717, 1.165) is 11.3 Å². The number of amides is 1. The molecule has 0 unspecified atom stereocenters. The number of rotatable bonds is 4. The Morgan fingerprint density at radius 1 is 1.25 bits per heavy atom. The average molecular weight is 265 g/mol. The van der Waals surface area contributed by atoms with Crippen LogP contribution in [0.25, 0.3) is 0 Å². The summed E-state index contributed by atoms with van der Waals surface area (Å²) in [6.45, 7) is 1.88. The number of carbonyl (C=O) groups excluding carboxylic acids is 1. The number of anilines is 1. The largest absolute Gasteiger partial charge is 0.311 e. The lowest BCUT2D eigenvalue weighted by molar-refractivity contribution is -0.116. The zero-order valence-corrected chi connectivity index (χ0v) is 11.3. The van der Waals surface area contributed by atoms with Gasteiger partial charge in [0.15, 0.2) is 0 Å². The molecule has 2 aromatic rings. The van der Waals surface area contributed by atoms with E-state index in [1.807, 2.05) is 31.2 Å². The van der Waals surface area contributed by atoms with Crippen molar-refractivity contribution in [1.82, 2.24) is 4.98 Å². The summed E-state index contributed by atoms with van der Waals surface area (Å²) in [7, 11) is 0. The van der Waals surface area contributed by atoms with E-state index in [0.29, 0.717) is 24.2 Å². The molecule has 0 bridgehead atoms. The number of pyridine rings is 1. The molecule has 0 aliphatic rings. The lowest BCUT2D eigenvalue weighted by Crippen LogP contribution is -2.13. The van der Waals surface area contributed by atoms with Crippen molar-refractivity contribution in [1.29, 1.82) is 5.26 Å². The number of hydrogen-bond acceptors (Lipinski definition) is 3. The van der Waals surface area contributed by atoms with E-state index in [-0.39, 0.29) is 5.91 Å². The van der Waals surface area contributed by atoms with Crippen molar-refractivity contribution in [2.75, 3.05) is 5.32 Å². The normalized spacial score (nSPS) is 9.80. The van der Waals surface area contributed by atoms with Crippen LogP contribution in [0.15, 0.2) is 42.5 Å². The van der Waals surface area contributed by atoms with Gasteiger partial charge in [-0.25, -0.2) is 4.98 Å². The molecule has 0 saturated heterocycles. The third-order valence-electron chi connectivity index (χ3n) is 2.88. The summed E-state index contributed by atoms with van der Waals surface area (Å²) in [6.07, 6.45) is 1.03. The molecule has 0 radical (unpaired) electrons. The van der Waals surface area contributed by atoms with Crippen LogP contribution in [0, 0.1) is 18.3 Å². The Bertz CT molecular complexity index is 642. The Morgan fingerprint density at radius 3 is 2.65 bits per heavy atom. The van der Waals surface area contributed by atoms with E-state index in [4.69, 9.17) is 5.26 Å². The molecule has 1 aromatic carbocycles. The van der Waals surface area contributed by atoms with Crippen LogP contribution in [0.5, 0.6) is 0 Å². The standard InChI is InChI=1S/C16H15N3O/c1-12-3-2-4-15(18-12)19-16(20)10-9-13-5-7-14(11-17)8-6-13/h2-8H,9-10H2,1H3,(H,18,19,20). The van der Waals surface area contributed by atoms with Crippen LogP contribution in [0.2, 0.25) is 0 Å². The van der Waals surface area contributed by atoms with Gasteiger partial charge >= 0.3 is 0 Å². The Kier molecular flexibility index (Phi) is 4.46. The Morgan fingerprint density at radius 2 is 2.00 bits per heavy atom. The summed E-state index contributed by atoms with van der Waals surface area (Å²) in [4.78, 5) is 16.0. The molecule has 0 saturated carbocycles. The molecule has 0 spiro atoms. The number of nitrogens with one attached hydrogen (secondary N) is 1. The maximum atomic E-state index is 11.8. The lowest BCUT2D eigenvalue weighted by Gasteiger charge is -2.05. The highest BCUT2D eigenvalue weighted by atomic mass is 16.1. The van der Waals surface area contributed by atoms with Crippen LogP contribution < -0.4 is 5.32 Å². The predicted molar refractivity (Wildman–Crippen MR) is 77.1 cm³/mol. The van der Waals surface area contributed by atoms with Gasteiger partial charge in [0.05, 0.1) is 11.6 Å². The number of nitrogens with zero attached hydrogens (tertiary/aromatic N) is 2. The van der Waals surface area contributed by atoms with Gasteiger partial charge in [0, 0.05) is 12.1 Å². The van der Waals surface area contributed by atoms with E-state index in [9.17, 15) is 4.79 Å². The number of nitriles is 1. The first-order valence-corrected chi connectivity index (χ1v) is 6.40. The first kappa shape index (κ1) is 13.8. The Balaban J connectivity index is 1.87. The smallest absolute Gasteiger partial charge is 0.225 e. The van der Waals surface area contributed by atoms with Crippen LogP contribution in [0.1, 0.15) is 23.2 Å². The topological polar surface area (TPSA) is 65.8 Å². The van der Waals surface area contributed by atoms with E-state index >= 15 is 0 Å². The fraction of sp³-hybridized carbons (Fsp3) is 0.188. The van der Waals surface area contributed by atoms with E-state index in [1.165, 1.54) is 0 Å². The van der Waals surface area contributed by atoms with Gasteiger partial charge in [-0.3, -0.25) is 4.79 Å². The second-order valence-electron chi connectivity index (χ2n) is 4.52. The number of benzene rings is 1.